The molecule has 1 amide bonds. The standard InChI is InChI=1S/C20H18F3N5O/c1-12-7-14(13-3-4-15(26-11-13)10-18(29)24-2)9-16(8-12)27-19-25-6-5-17(28-19)20(21,22)23/h3-9,11H,10H2,1-2H3,(H,24,29)(H,25,27,28). The molecule has 0 aliphatic rings. The Balaban J connectivity index is 1.84. The molecule has 0 atom stereocenters. The van der Waals surface area contributed by atoms with Crippen LogP contribution in [0.1, 0.15) is 17.0 Å². The van der Waals surface area contributed by atoms with Crippen molar-refractivity contribution in [1.82, 2.24) is 20.3 Å². The van der Waals surface area contributed by atoms with Crippen LogP contribution in [0.5, 0.6) is 0 Å². The molecule has 150 valence electrons. The molecule has 0 aliphatic carbocycles. The molecule has 29 heavy (non-hydrogen) atoms. The van der Waals surface area contributed by atoms with Gasteiger partial charge in [0.05, 0.1) is 6.42 Å². The molecule has 0 unspecified atom stereocenters. The molecule has 2 aromatic heterocycles. The van der Waals surface area contributed by atoms with Gasteiger partial charge in [-0.25, -0.2) is 9.97 Å². The molecule has 0 radical (unpaired) electrons. The van der Waals surface area contributed by atoms with Crippen LogP contribution in [-0.2, 0) is 17.4 Å². The van der Waals surface area contributed by atoms with Crippen LogP contribution in [-0.4, -0.2) is 27.9 Å². The van der Waals surface area contributed by atoms with Gasteiger partial charge in [0.2, 0.25) is 11.9 Å². The topological polar surface area (TPSA) is 79.8 Å². The van der Waals surface area contributed by atoms with E-state index in [4.69, 9.17) is 0 Å². The minimum absolute atomic E-state index is 0.131. The summed E-state index contributed by atoms with van der Waals surface area (Å²) in [4.78, 5) is 23.1. The van der Waals surface area contributed by atoms with Gasteiger partial charge >= 0.3 is 6.18 Å². The quantitative estimate of drug-likeness (QED) is 0.678. The zero-order chi connectivity index (χ0) is 21.0. The Labute approximate surface area is 165 Å². The van der Waals surface area contributed by atoms with Crippen LogP contribution < -0.4 is 10.6 Å². The van der Waals surface area contributed by atoms with Crippen molar-refractivity contribution in [3.63, 3.8) is 0 Å². The van der Waals surface area contributed by atoms with Gasteiger partial charge in [-0.2, -0.15) is 13.2 Å². The van der Waals surface area contributed by atoms with E-state index in [0.717, 1.165) is 29.0 Å². The van der Waals surface area contributed by atoms with E-state index >= 15 is 0 Å². The third-order valence-electron chi connectivity index (χ3n) is 4.06. The van der Waals surface area contributed by atoms with Gasteiger partial charge in [0.25, 0.3) is 0 Å². The van der Waals surface area contributed by atoms with Gasteiger partial charge in [-0.05, 0) is 42.3 Å². The Hall–Kier alpha value is -3.49. The van der Waals surface area contributed by atoms with E-state index in [1.54, 1.807) is 31.4 Å². The van der Waals surface area contributed by atoms with Crippen molar-refractivity contribution in [3.05, 3.63) is 65.7 Å². The van der Waals surface area contributed by atoms with E-state index in [-0.39, 0.29) is 18.3 Å². The van der Waals surface area contributed by atoms with E-state index in [0.29, 0.717) is 11.4 Å². The molecule has 0 fully saturated rings. The number of pyridine rings is 1. The summed E-state index contributed by atoms with van der Waals surface area (Å²) in [7, 11) is 1.56. The number of benzene rings is 1. The molecule has 6 nitrogen and oxygen atoms in total. The summed E-state index contributed by atoms with van der Waals surface area (Å²) in [5.74, 6) is -0.274. The summed E-state index contributed by atoms with van der Waals surface area (Å²) in [5, 5.41) is 5.36. The number of likely N-dealkylation sites (N-methyl/N-ethyl adjacent to an activating group) is 1. The van der Waals surface area contributed by atoms with Gasteiger partial charge < -0.3 is 10.6 Å². The van der Waals surface area contributed by atoms with Gasteiger partial charge in [0, 0.05) is 36.4 Å². The maximum absolute atomic E-state index is 12.8. The van der Waals surface area contributed by atoms with E-state index < -0.39 is 11.9 Å². The van der Waals surface area contributed by atoms with E-state index in [1.807, 2.05) is 19.1 Å². The molecule has 0 bridgehead atoms. The lowest BCUT2D eigenvalue weighted by molar-refractivity contribution is -0.141. The second kappa shape index (κ2) is 8.26. The highest BCUT2D eigenvalue weighted by atomic mass is 19.4. The van der Waals surface area contributed by atoms with Crippen LogP contribution in [0.3, 0.4) is 0 Å². The third kappa shape index (κ3) is 5.28. The molecule has 0 saturated carbocycles. The molecular formula is C20H18F3N5O. The largest absolute Gasteiger partial charge is 0.433 e. The third-order valence-corrected chi connectivity index (χ3v) is 4.06. The monoisotopic (exact) mass is 401 g/mol. The van der Waals surface area contributed by atoms with Crippen molar-refractivity contribution in [2.75, 3.05) is 12.4 Å². The van der Waals surface area contributed by atoms with Crippen LogP contribution in [0, 0.1) is 6.92 Å². The fourth-order valence-corrected chi connectivity index (χ4v) is 2.68. The molecule has 0 aliphatic heterocycles. The van der Waals surface area contributed by atoms with Gasteiger partial charge in [-0.15, -0.1) is 0 Å². The minimum atomic E-state index is -4.54. The normalized spacial score (nSPS) is 11.2. The summed E-state index contributed by atoms with van der Waals surface area (Å²) in [6, 6.07) is 9.89. The molecule has 2 heterocycles. The minimum Gasteiger partial charge on any atom is -0.359 e. The predicted octanol–water partition coefficient (Wildman–Crippen LogP) is 3.90. The van der Waals surface area contributed by atoms with Gasteiger partial charge in [-0.3, -0.25) is 9.78 Å². The molecule has 0 spiro atoms. The highest BCUT2D eigenvalue weighted by molar-refractivity contribution is 5.78. The average Bonchev–Trinajstić information content (AvgIpc) is 2.67. The Morgan fingerprint density at radius 1 is 1.07 bits per heavy atom. The van der Waals surface area contributed by atoms with Crippen LogP contribution in [0.25, 0.3) is 11.1 Å². The summed E-state index contributed by atoms with van der Waals surface area (Å²) in [6.45, 7) is 1.87. The first-order valence-corrected chi connectivity index (χ1v) is 8.69. The Morgan fingerprint density at radius 3 is 2.52 bits per heavy atom. The molecule has 2 N–H and O–H groups in total. The smallest absolute Gasteiger partial charge is 0.359 e. The number of rotatable bonds is 5. The van der Waals surface area contributed by atoms with E-state index in [1.165, 1.54) is 0 Å². The van der Waals surface area contributed by atoms with Crippen molar-refractivity contribution >= 4 is 17.5 Å². The number of aromatic nitrogens is 3. The number of halogens is 3. The Kier molecular flexibility index (Phi) is 5.76. The molecule has 9 heteroatoms. The first-order valence-electron chi connectivity index (χ1n) is 8.69. The number of amides is 1. The van der Waals surface area contributed by atoms with E-state index in [2.05, 4.69) is 25.6 Å². The lowest BCUT2D eigenvalue weighted by Crippen LogP contribution is -2.20. The number of hydrogen-bond acceptors (Lipinski definition) is 5. The SMILES string of the molecule is CNC(=O)Cc1ccc(-c2cc(C)cc(Nc3nccc(C(F)(F)F)n3)c2)cn1. The summed E-state index contributed by atoms with van der Waals surface area (Å²) < 4.78 is 38.5. The van der Waals surface area contributed by atoms with Crippen LogP contribution in [0.4, 0.5) is 24.8 Å². The molecule has 3 aromatic rings. The maximum Gasteiger partial charge on any atom is 0.433 e. The fraction of sp³-hybridized carbons (Fsp3) is 0.200. The van der Waals surface area contributed by atoms with Gasteiger partial charge in [-0.1, -0.05) is 12.1 Å². The van der Waals surface area contributed by atoms with Gasteiger partial charge in [0.15, 0.2) is 0 Å². The van der Waals surface area contributed by atoms with Crippen molar-refractivity contribution in [3.8, 4) is 11.1 Å². The van der Waals surface area contributed by atoms with Crippen LogP contribution >= 0.6 is 0 Å². The first-order chi connectivity index (χ1) is 13.7. The lowest BCUT2D eigenvalue weighted by Gasteiger charge is -2.11. The number of carbonyl (C=O) groups is 1. The number of hydrogen-bond donors (Lipinski definition) is 2. The number of nitrogens with one attached hydrogen (secondary N) is 2. The van der Waals surface area contributed by atoms with Crippen LogP contribution in [0.2, 0.25) is 0 Å². The zero-order valence-corrected chi connectivity index (χ0v) is 15.7. The van der Waals surface area contributed by atoms with Gasteiger partial charge in [0.1, 0.15) is 5.69 Å². The highest BCUT2D eigenvalue weighted by Crippen LogP contribution is 2.29. The Bertz CT molecular complexity index is 1020. The number of anilines is 2. The summed E-state index contributed by atoms with van der Waals surface area (Å²) in [5.41, 5.74) is 2.69. The van der Waals surface area contributed by atoms with Crippen LogP contribution in [0.15, 0.2) is 48.8 Å². The maximum atomic E-state index is 12.8. The summed E-state index contributed by atoms with van der Waals surface area (Å²) in [6.07, 6.45) is -1.65. The molecule has 3 rings (SSSR count). The van der Waals surface area contributed by atoms with Crippen molar-refractivity contribution in [2.45, 2.75) is 19.5 Å². The Morgan fingerprint density at radius 2 is 1.86 bits per heavy atom. The highest BCUT2D eigenvalue weighted by Gasteiger charge is 2.32. The first kappa shape index (κ1) is 20.2. The molecular weight excluding hydrogens is 383 g/mol. The predicted molar refractivity (Wildman–Crippen MR) is 102 cm³/mol. The van der Waals surface area contributed by atoms with Crippen molar-refractivity contribution < 1.29 is 18.0 Å². The fourth-order valence-electron chi connectivity index (χ4n) is 2.68. The summed E-state index contributed by atoms with van der Waals surface area (Å²) >= 11 is 0. The number of nitrogens with zero attached hydrogens (tertiary/aromatic N) is 3. The van der Waals surface area contributed by atoms with Crippen molar-refractivity contribution in [1.29, 1.82) is 0 Å². The number of alkyl halides is 3. The van der Waals surface area contributed by atoms with E-state index in [9.17, 15) is 18.0 Å². The second-order valence-electron chi connectivity index (χ2n) is 6.36. The zero-order valence-electron chi connectivity index (χ0n) is 15.7. The average molecular weight is 401 g/mol. The lowest BCUT2D eigenvalue weighted by atomic mass is 10.0. The molecule has 1 aromatic carbocycles. The van der Waals surface area contributed by atoms with Crippen molar-refractivity contribution in [2.24, 2.45) is 0 Å². The second-order valence-corrected chi connectivity index (χ2v) is 6.36. The number of aryl methyl sites for hydroxylation is 1. The molecule has 0 saturated heterocycles. The number of carbonyl (C=O) groups excluding carboxylic acids is 1.